The second-order valence-electron chi connectivity index (χ2n) is 3.57. The molecule has 0 unspecified atom stereocenters. The van der Waals surface area contributed by atoms with Gasteiger partial charge in [0.1, 0.15) is 3.70 Å². The molecule has 0 saturated heterocycles. The highest BCUT2D eigenvalue weighted by Gasteiger charge is 2.02. The van der Waals surface area contributed by atoms with Gasteiger partial charge in [0, 0.05) is 12.7 Å². The SMILES string of the molecule is CC(C)CCCn1cc(Br)c(I)n1. The molecule has 4 heteroatoms. The first-order valence-electron chi connectivity index (χ1n) is 4.48. The van der Waals surface area contributed by atoms with E-state index in [1.54, 1.807) is 0 Å². The topological polar surface area (TPSA) is 17.8 Å². The Bertz CT molecular complexity index is 251. The van der Waals surface area contributed by atoms with Gasteiger partial charge in [-0.15, -0.1) is 0 Å². The highest BCUT2D eigenvalue weighted by atomic mass is 127. The first kappa shape index (κ1) is 11.5. The van der Waals surface area contributed by atoms with Gasteiger partial charge in [-0.25, -0.2) is 0 Å². The second kappa shape index (κ2) is 5.34. The molecular weight excluding hydrogens is 343 g/mol. The third-order valence-corrected chi connectivity index (χ3v) is 3.96. The van der Waals surface area contributed by atoms with E-state index in [1.165, 1.54) is 12.8 Å². The molecule has 1 aromatic heterocycles. The van der Waals surface area contributed by atoms with Crippen molar-refractivity contribution in [2.75, 3.05) is 0 Å². The number of hydrogen-bond acceptors (Lipinski definition) is 1. The molecular formula is C9H14BrIN2. The van der Waals surface area contributed by atoms with Crippen LogP contribution in [0, 0.1) is 9.62 Å². The van der Waals surface area contributed by atoms with Crippen molar-refractivity contribution in [2.24, 2.45) is 5.92 Å². The Morgan fingerprint density at radius 1 is 1.62 bits per heavy atom. The molecule has 0 bridgehead atoms. The Kier molecular flexibility index (Phi) is 4.72. The molecule has 13 heavy (non-hydrogen) atoms. The van der Waals surface area contributed by atoms with Crippen LogP contribution in [-0.2, 0) is 6.54 Å². The smallest absolute Gasteiger partial charge is 0.137 e. The molecule has 0 N–H and O–H groups in total. The van der Waals surface area contributed by atoms with Crippen molar-refractivity contribution in [1.82, 2.24) is 9.78 Å². The highest BCUT2D eigenvalue weighted by molar-refractivity contribution is 14.1. The fourth-order valence-corrected chi connectivity index (χ4v) is 1.88. The van der Waals surface area contributed by atoms with Crippen molar-refractivity contribution in [3.8, 4) is 0 Å². The lowest BCUT2D eigenvalue weighted by Crippen LogP contribution is -2.00. The Morgan fingerprint density at radius 3 is 2.77 bits per heavy atom. The van der Waals surface area contributed by atoms with Crippen LogP contribution in [0.5, 0.6) is 0 Å². The van der Waals surface area contributed by atoms with Crippen LogP contribution in [0.1, 0.15) is 26.7 Å². The van der Waals surface area contributed by atoms with Crippen molar-refractivity contribution in [1.29, 1.82) is 0 Å². The maximum absolute atomic E-state index is 4.36. The Labute approximate surface area is 101 Å². The zero-order valence-electron chi connectivity index (χ0n) is 7.93. The molecule has 0 radical (unpaired) electrons. The summed E-state index contributed by atoms with van der Waals surface area (Å²) in [4.78, 5) is 0. The van der Waals surface area contributed by atoms with E-state index in [0.717, 1.165) is 20.6 Å². The molecule has 2 nitrogen and oxygen atoms in total. The standard InChI is InChI=1S/C9H14BrIN2/c1-7(2)4-3-5-13-6-8(10)9(11)12-13/h6-7H,3-5H2,1-2H3. The van der Waals surface area contributed by atoms with E-state index in [-0.39, 0.29) is 0 Å². The molecule has 0 saturated carbocycles. The molecule has 1 heterocycles. The monoisotopic (exact) mass is 356 g/mol. The number of aryl methyl sites for hydroxylation is 1. The van der Waals surface area contributed by atoms with E-state index in [1.807, 2.05) is 10.9 Å². The minimum absolute atomic E-state index is 0.790. The molecule has 1 aromatic rings. The first-order chi connectivity index (χ1) is 6.09. The number of aromatic nitrogens is 2. The van der Waals surface area contributed by atoms with Gasteiger partial charge in [-0.2, -0.15) is 5.10 Å². The van der Waals surface area contributed by atoms with Crippen LogP contribution in [0.3, 0.4) is 0 Å². The third-order valence-electron chi connectivity index (χ3n) is 1.84. The van der Waals surface area contributed by atoms with Gasteiger partial charge >= 0.3 is 0 Å². The molecule has 0 fully saturated rings. The average molecular weight is 357 g/mol. The lowest BCUT2D eigenvalue weighted by molar-refractivity contribution is 0.488. The van der Waals surface area contributed by atoms with Crippen LogP contribution < -0.4 is 0 Å². The van der Waals surface area contributed by atoms with Crippen molar-refractivity contribution in [2.45, 2.75) is 33.2 Å². The van der Waals surface area contributed by atoms with Crippen LogP contribution in [0.4, 0.5) is 0 Å². The summed E-state index contributed by atoms with van der Waals surface area (Å²) in [5.74, 6) is 0.790. The van der Waals surface area contributed by atoms with Gasteiger partial charge in [0.25, 0.3) is 0 Å². The first-order valence-corrected chi connectivity index (χ1v) is 6.35. The minimum Gasteiger partial charge on any atom is -0.271 e. The summed E-state index contributed by atoms with van der Waals surface area (Å²) in [7, 11) is 0. The fraction of sp³-hybridized carbons (Fsp3) is 0.667. The van der Waals surface area contributed by atoms with Gasteiger partial charge in [-0.3, -0.25) is 4.68 Å². The number of halogens is 2. The summed E-state index contributed by atoms with van der Waals surface area (Å²) in [5, 5.41) is 4.36. The van der Waals surface area contributed by atoms with Crippen LogP contribution in [-0.4, -0.2) is 9.78 Å². The van der Waals surface area contributed by atoms with Crippen LogP contribution in [0.25, 0.3) is 0 Å². The van der Waals surface area contributed by atoms with Crippen molar-refractivity contribution >= 4 is 38.5 Å². The van der Waals surface area contributed by atoms with E-state index < -0.39 is 0 Å². The van der Waals surface area contributed by atoms with Crippen molar-refractivity contribution in [3.63, 3.8) is 0 Å². The highest BCUT2D eigenvalue weighted by Crippen LogP contribution is 2.17. The predicted molar refractivity (Wildman–Crippen MR) is 66.7 cm³/mol. The van der Waals surface area contributed by atoms with E-state index in [9.17, 15) is 0 Å². The Hall–Kier alpha value is 0.420. The summed E-state index contributed by atoms with van der Waals surface area (Å²) in [6.45, 7) is 5.53. The molecule has 0 aromatic carbocycles. The normalized spacial score (nSPS) is 11.2. The second-order valence-corrected chi connectivity index (χ2v) is 5.44. The van der Waals surface area contributed by atoms with Gasteiger partial charge < -0.3 is 0 Å². The quantitative estimate of drug-likeness (QED) is 0.752. The molecule has 0 amide bonds. The van der Waals surface area contributed by atoms with E-state index >= 15 is 0 Å². The van der Waals surface area contributed by atoms with Crippen LogP contribution in [0.2, 0.25) is 0 Å². The summed E-state index contributed by atoms with van der Waals surface area (Å²) >= 11 is 5.68. The minimum atomic E-state index is 0.790. The molecule has 74 valence electrons. The molecule has 0 aliphatic rings. The van der Waals surface area contributed by atoms with Crippen molar-refractivity contribution < 1.29 is 0 Å². The molecule has 0 atom stereocenters. The Balaban J connectivity index is 2.37. The van der Waals surface area contributed by atoms with E-state index in [4.69, 9.17) is 0 Å². The van der Waals surface area contributed by atoms with Gasteiger partial charge in [-0.1, -0.05) is 13.8 Å². The molecule has 0 aliphatic carbocycles. The lowest BCUT2D eigenvalue weighted by atomic mass is 10.1. The number of nitrogens with zero attached hydrogens (tertiary/aromatic N) is 2. The number of hydrogen-bond donors (Lipinski definition) is 0. The van der Waals surface area contributed by atoms with Gasteiger partial charge in [-0.05, 0) is 57.3 Å². The molecule has 0 aliphatic heterocycles. The Morgan fingerprint density at radius 2 is 2.31 bits per heavy atom. The van der Waals surface area contributed by atoms with E-state index in [0.29, 0.717) is 0 Å². The zero-order chi connectivity index (χ0) is 9.84. The number of rotatable bonds is 4. The average Bonchev–Trinajstić information content (AvgIpc) is 2.30. The zero-order valence-corrected chi connectivity index (χ0v) is 11.7. The van der Waals surface area contributed by atoms with E-state index in [2.05, 4.69) is 57.5 Å². The fourth-order valence-electron chi connectivity index (χ4n) is 1.15. The largest absolute Gasteiger partial charge is 0.271 e. The van der Waals surface area contributed by atoms with Gasteiger partial charge in [0.05, 0.1) is 4.47 Å². The molecule has 1 rings (SSSR count). The summed E-state index contributed by atoms with van der Waals surface area (Å²) < 4.78 is 4.15. The summed E-state index contributed by atoms with van der Waals surface area (Å²) in [5.41, 5.74) is 0. The molecule has 0 spiro atoms. The van der Waals surface area contributed by atoms with Crippen LogP contribution in [0.15, 0.2) is 10.7 Å². The third kappa shape index (κ3) is 3.97. The van der Waals surface area contributed by atoms with Crippen LogP contribution >= 0.6 is 38.5 Å². The maximum Gasteiger partial charge on any atom is 0.137 e. The summed E-state index contributed by atoms with van der Waals surface area (Å²) in [6.07, 6.45) is 4.53. The lowest BCUT2D eigenvalue weighted by Gasteiger charge is -2.03. The van der Waals surface area contributed by atoms with Gasteiger partial charge in [0.2, 0.25) is 0 Å². The summed E-state index contributed by atoms with van der Waals surface area (Å²) in [6, 6.07) is 0. The van der Waals surface area contributed by atoms with Crippen molar-refractivity contribution in [3.05, 3.63) is 14.4 Å². The van der Waals surface area contributed by atoms with Gasteiger partial charge in [0.15, 0.2) is 0 Å². The maximum atomic E-state index is 4.36. The predicted octanol–water partition coefficient (Wildman–Crippen LogP) is 3.69.